The van der Waals surface area contributed by atoms with Crippen LogP contribution in [0, 0.1) is 13.8 Å². The Morgan fingerprint density at radius 1 is 1.20 bits per heavy atom. The standard InChI is InChI=1S/C15H20N2O2S/c1-9(15-10(2)20-11(3)17-15)16-13-7-6-12(18-4)8-14(13)19-5/h6-9,16H,1-5H3. The van der Waals surface area contributed by atoms with Crippen LogP contribution in [0.3, 0.4) is 0 Å². The quantitative estimate of drug-likeness (QED) is 0.906. The second-order valence-corrected chi connectivity index (χ2v) is 6.01. The Hall–Kier alpha value is -1.75. The van der Waals surface area contributed by atoms with E-state index in [0.717, 1.165) is 27.9 Å². The fourth-order valence-corrected chi connectivity index (χ4v) is 3.08. The maximum Gasteiger partial charge on any atom is 0.145 e. The zero-order valence-corrected chi connectivity index (χ0v) is 13.3. The minimum absolute atomic E-state index is 0.127. The molecule has 1 aromatic carbocycles. The summed E-state index contributed by atoms with van der Waals surface area (Å²) in [6.07, 6.45) is 0. The number of ether oxygens (including phenoxy) is 2. The highest BCUT2D eigenvalue weighted by atomic mass is 32.1. The van der Waals surface area contributed by atoms with Gasteiger partial charge in [-0.3, -0.25) is 0 Å². The summed E-state index contributed by atoms with van der Waals surface area (Å²) in [5.74, 6) is 1.54. The van der Waals surface area contributed by atoms with E-state index in [9.17, 15) is 0 Å². The van der Waals surface area contributed by atoms with Crippen LogP contribution in [0.25, 0.3) is 0 Å². The number of nitrogens with one attached hydrogen (secondary N) is 1. The van der Waals surface area contributed by atoms with Gasteiger partial charge in [0.05, 0.1) is 36.7 Å². The number of hydrogen-bond donors (Lipinski definition) is 1. The predicted molar refractivity (Wildman–Crippen MR) is 83.2 cm³/mol. The molecule has 0 amide bonds. The van der Waals surface area contributed by atoms with Crippen LogP contribution in [0.2, 0.25) is 0 Å². The Morgan fingerprint density at radius 2 is 1.95 bits per heavy atom. The third-order valence-electron chi connectivity index (χ3n) is 3.13. The van der Waals surface area contributed by atoms with E-state index in [4.69, 9.17) is 9.47 Å². The molecule has 0 bridgehead atoms. The van der Waals surface area contributed by atoms with Crippen LogP contribution in [-0.4, -0.2) is 19.2 Å². The SMILES string of the molecule is COc1ccc(NC(C)c2nc(C)sc2C)c(OC)c1. The van der Waals surface area contributed by atoms with Crippen LogP contribution >= 0.6 is 11.3 Å². The fraction of sp³-hybridized carbons (Fsp3) is 0.400. The predicted octanol–water partition coefficient (Wildman–Crippen LogP) is 3.95. The van der Waals surface area contributed by atoms with Crippen LogP contribution in [0.15, 0.2) is 18.2 Å². The molecule has 2 aromatic rings. The third kappa shape index (κ3) is 3.04. The Bertz CT molecular complexity index is 596. The highest BCUT2D eigenvalue weighted by molar-refractivity contribution is 7.11. The van der Waals surface area contributed by atoms with Gasteiger partial charge in [0, 0.05) is 10.9 Å². The number of methoxy groups -OCH3 is 2. The number of rotatable bonds is 5. The number of nitrogens with zero attached hydrogens (tertiary/aromatic N) is 1. The summed E-state index contributed by atoms with van der Waals surface area (Å²) >= 11 is 1.72. The van der Waals surface area contributed by atoms with Gasteiger partial charge in [0.15, 0.2) is 0 Å². The molecule has 0 spiro atoms. The second kappa shape index (κ2) is 6.13. The Kier molecular flexibility index (Phi) is 4.49. The third-order valence-corrected chi connectivity index (χ3v) is 4.03. The van der Waals surface area contributed by atoms with Crippen molar-refractivity contribution in [1.82, 2.24) is 4.98 Å². The molecule has 1 atom stereocenters. The molecular weight excluding hydrogens is 272 g/mol. The van der Waals surface area contributed by atoms with Crippen molar-refractivity contribution in [3.05, 3.63) is 33.8 Å². The molecule has 108 valence electrons. The molecule has 1 N–H and O–H groups in total. The van der Waals surface area contributed by atoms with Crippen molar-refractivity contribution in [2.75, 3.05) is 19.5 Å². The second-order valence-electron chi connectivity index (χ2n) is 4.61. The summed E-state index contributed by atoms with van der Waals surface area (Å²) < 4.78 is 10.6. The average molecular weight is 292 g/mol. The molecule has 0 radical (unpaired) electrons. The van der Waals surface area contributed by atoms with Crippen LogP contribution in [0.4, 0.5) is 5.69 Å². The molecule has 0 fully saturated rings. The van der Waals surface area contributed by atoms with Crippen molar-refractivity contribution in [3.63, 3.8) is 0 Å². The largest absolute Gasteiger partial charge is 0.497 e. The van der Waals surface area contributed by atoms with Gasteiger partial charge in [-0.1, -0.05) is 0 Å². The van der Waals surface area contributed by atoms with E-state index < -0.39 is 0 Å². The number of thiazole rings is 1. The van der Waals surface area contributed by atoms with Crippen molar-refractivity contribution in [2.45, 2.75) is 26.8 Å². The smallest absolute Gasteiger partial charge is 0.145 e. The Morgan fingerprint density at radius 3 is 2.50 bits per heavy atom. The van der Waals surface area contributed by atoms with Gasteiger partial charge in [-0.25, -0.2) is 4.98 Å². The Balaban J connectivity index is 2.23. The van der Waals surface area contributed by atoms with Gasteiger partial charge < -0.3 is 14.8 Å². The monoisotopic (exact) mass is 292 g/mol. The summed E-state index contributed by atoms with van der Waals surface area (Å²) in [4.78, 5) is 5.83. The van der Waals surface area contributed by atoms with Gasteiger partial charge in [-0.15, -0.1) is 11.3 Å². The highest BCUT2D eigenvalue weighted by Gasteiger charge is 2.15. The summed E-state index contributed by atoms with van der Waals surface area (Å²) in [6, 6.07) is 5.87. The number of aryl methyl sites for hydroxylation is 2. The molecule has 2 rings (SSSR count). The first-order valence-electron chi connectivity index (χ1n) is 6.47. The summed E-state index contributed by atoms with van der Waals surface area (Å²) in [6.45, 7) is 6.23. The minimum atomic E-state index is 0.127. The van der Waals surface area contributed by atoms with Crippen LogP contribution in [-0.2, 0) is 0 Å². The zero-order valence-electron chi connectivity index (χ0n) is 12.5. The maximum absolute atomic E-state index is 5.40. The van der Waals surface area contributed by atoms with E-state index in [2.05, 4.69) is 24.1 Å². The van der Waals surface area contributed by atoms with Crippen molar-refractivity contribution in [2.24, 2.45) is 0 Å². The van der Waals surface area contributed by atoms with Crippen LogP contribution in [0.1, 0.15) is 28.5 Å². The van der Waals surface area contributed by atoms with Gasteiger partial charge in [0.25, 0.3) is 0 Å². The molecule has 0 aliphatic carbocycles. The molecule has 1 unspecified atom stereocenters. The molecule has 1 heterocycles. The maximum atomic E-state index is 5.40. The lowest BCUT2D eigenvalue weighted by Crippen LogP contribution is -2.09. The lowest BCUT2D eigenvalue weighted by molar-refractivity contribution is 0.395. The van der Waals surface area contributed by atoms with E-state index in [0.29, 0.717) is 0 Å². The minimum Gasteiger partial charge on any atom is -0.497 e. The van der Waals surface area contributed by atoms with E-state index >= 15 is 0 Å². The van der Waals surface area contributed by atoms with Crippen molar-refractivity contribution < 1.29 is 9.47 Å². The van der Waals surface area contributed by atoms with E-state index in [1.54, 1.807) is 25.6 Å². The number of benzene rings is 1. The average Bonchev–Trinajstić information content (AvgIpc) is 2.78. The number of hydrogen-bond acceptors (Lipinski definition) is 5. The van der Waals surface area contributed by atoms with E-state index in [-0.39, 0.29) is 6.04 Å². The van der Waals surface area contributed by atoms with Crippen molar-refractivity contribution in [3.8, 4) is 11.5 Å². The summed E-state index contributed by atoms with van der Waals surface area (Å²) in [7, 11) is 3.30. The first-order chi connectivity index (χ1) is 9.55. The molecule has 4 nitrogen and oxygen atoms in total. The van der Waals surface area contributed by atoms with Crippen LogP contribution < -0.4 is 14.8 Å². The highest BCUT2D eigenvalue weighted by Crippen LogP contribution is 2.33. The molecule has 0 saturated carbocycles. The number of aromatic nitrogens is 1. The van der Waals surface area contributed by atoms with Crippen molar-refractivity contribution in [1.29, 1.82) is 0 Å². The molecule has 5 heteroatoms. The molecule has 1 aromatic heterocycles. The first kappa shape index (κ1) is 14.7. The van der Waals surface area contributed by atoms with Gasteiger partial charge >= 0.3 is 0 Å². The van der Waals surface area contributed by atoms with Crippen LogP contribution in [0.5, 0.6) is 11.5 Å². The normalized spacial score (nSPS) is 12.1. The first-order valence-corrected chi connectivity index (χ1v) is 7.29. The fourth-order valence-electron chi connectivity index (χ4n) is 2.17. The van der Waals surface area contributed by atoms with Crippen molar-refractivity contribution >= 4 is 17.0 Å². The summed E-state index contributed by atoms with van der Waals surface area (Å²) in [5, 5.41) is 4.54. The number of anilines is 1. The molecule has 0 saturated heterocycles. The van der Waals surface area contributed by atoms with Gasteiger partial charge in [0.1, 0.15) is 11.5 Å². The molecule has 0 aliphatic heterocycles. The lowest BCUT2D eigenvalue weighted by atomic mass is 10.2. The molecular formula is C15H20N2O2S. The topological polar surface area (TPSA) is 43.4 Å². The van der Waals surface area contributed by atoms with Gasteiger partial charge in [0.2, 0.25) is 0 Å². The molecule has 0 aliphatic rings. The van der Waals surface area contributed by atoms with Gasteiger partial charge in [-0.2, -0.15) is 0 Å². The zero-order chi connectivity index (χ0) is 14.7. The van der Waals surface area contributed by atoms with Gasteiger partial charge in [-0.05, 0) is 32.9 Å². The van der Waals surface area contributed by atoms with E-state index in [1.807, 2.05) is 25.1 Å². The molecule has 20 heavy (non-hydrogen) atoms. The Labute approximate surface area is 123 Å². The lowest BCUT2D eigenvalue weighted by Gasteiger charge is -2.17. The summed E-state index contributed by atoms with van der Waals surface area (Å²) in [5.41, 5.74) is 2.02. The van der Waals surface area contributed by atoms with E-state index in [1.165, 1.54) is 4.88 Å².